The first-order valence-corrected chi connectivity index (χ1v) is 5.55. The fourth-order valence-electron chi connectivity index (χ4n) is 1.36. The van der Waals surface area contributed by atoms with Gasteiger partial charge in [-0.1, -0.05) is 0 Å². The average Bonchev–Trinajstić information content (AvgIpc) is 2.43. The lowest BCUT2D eigenvalue weighted by Gasteiger charge is -2.29. The van der Waals surface area contributed by atoms with E-state index in [-0.39, 0.29) is 11.6 Å². The third-order valence-electron chi connectivity index (χ3n) is 2.52. The summed E-state index contributed by atoms with van der Waals surface area (Å²) in [6, 6.07) is 1.52. The molecule has 0 aliphatic heterocycles. The molecule has 1 rings (SSSR count). The molecule has 0 amide bonds. The number of rotatable bonds is 6. The molecule has 1 heterocycles. The van der Waals surface area contributed by atoms with Crippen LogP contribution in [0.4, 0.5) is 5.82 Å². The van der Waals surface area contributed by atoms with E-state index in [2.05, 4.69) is 20.0 Å². The lowest BCUT2D eigenvalue weighted by molar-refractivity contribution is 0.0586. The number of aliphatic hydroxyl groups excluding tert-OH is 3. The summed E-state index contributed by atoms with van der Waals surface area (Å²) in [5, 5.41) is 30.3. The maximum absolute atomic E-state index is 11.4. The van der Waals surface area contributed by atoms with Crippen LogP contribution in [0.5, 0.6) is 0 Å². The molecule has 0 aromatic carbocycles. The minimum Gasteiger partial charge on any atom is -0.463 e. The van der Waals surface area contributed by atoms with Crippen molar-refractivity contribution in [3.8, 4) is 0 Å². The molecule has 1 aromatic heterocycles. The fourth-order valence-corrected chi connectivity index (χ4v) is 1.36. The molecule has 0 bridgehead atoms. The van der Waals surface area contributed by atoms with Crippen molar-refractivity contribution < 1.29 is 24.9 Å². The van der Waals surface area contributed by atoms with Gasteiger partial charge in [-0.3, -0.25) is 0 Å². The van der Waals surface area contributed by atoms with Gasteiger partial charge in [-0.25, -0.2) is 14.8 Å². The molecule has 0 radical (unpaired) electrons. The number of aliphatic hydroxyl groups is 3. The van der Waals surface area contributed by atoms with E-state index in [1.807, 2.05) is 0 Å². The van der Waals surface area contributed by atoms with Crippen LogP contribution in [0.1, 0.15) is 16.3 Å². The van der Waals surface area contributed by atoms with Gasteiger partial charge in [-0.2, -0.15) is 0 Å². The van der Waals surface area contributed by atoms with Crippen LogP contribution in [0.3, 0.4) is 0 Å². The molecule has 106 valence electrons. The van der Waals surface area contributed by atoms with Crippen LogP contribution in [0.25, 0.3) is 0 Å². The number of ether oxygens (including phenoxy) is 1. The van der Waals surface area contributed by atoms with E-state index in [1.54, 1.807) is 6.92 Å². The van der Waals surface area contributed by atoms with E-state index < -0.39 is 31.3 Å². The predicted molar refractivity (Wildman–Crippen MR) is 65.7 cm³/mol. The van der Waals surface area contributed by atoms with Gasteiger partial charge in [-0.05, 0) is 6.92 Å². The predicted octanol–water partition coefficient (Wildman–Crippen LogP) is -1.30. The summed E-state index contributed by atoms with van der Waals surface area (Å²) < 4.78 is 4.52. The molecule has 1 aromatic rings. The summed E-state index contributed by atoms with van der Waals surface area (Å²) in [5.74, 6) is -0.646. The maximum Gasteiger partial charge on any atom is 0.376 e. The molecular formula is C11H17N3O5. The summed E-state index contributed by atoms with van der Waals surface area (Å²) in [6.45, 7) is 0.141. The largest absolute Gasteiger partial charge is 0.463 e. The molecule has 4 N–H and O–H groups in total. The van der Waals surface area contributed by atoms with Crippen molar-refractivity contribution in [1.29, 1.82) is 0 Å². The highest BCUT2D eigenvalue weighted by molar-refractivity contribution is 5.85. The highest BCUT2D eigenvalue weighted by Crippen LogP contribution is 2.14. The minimum absolute atomic E-state index is 0.146. The molecule has 0 saturated carbocycles. The van der Waals surface area contributed by atoms with Crippen molar-refractivity contribution in [3.05, 3.63) is 17.6 Å². The number of anilines is 1. The van der Waals surface area contributed by atoms with E-state index in [0.717, 1.165) is 0 Å². The topological polar surface area (TPSA) is 125 Å². The van der Waals surface area contributed by atoms with Crippen LogP contribution in [-0.4, -0.2) is 63.7 Å². The summed E-state index contributed by atoms with van der Waals surface area (Å²) in [6.07, 6.45) is 0. The van der Waals surface area contributed by atoms with Gasteiger partial charge in [0.1, 0.15) is 11.4 Å². The maximum atomic E-state index is 11.4. The van der Waals surface area contributed by atoms with E-state index in [0.29, 0.717) is 5.69 Å². The van der Waals surface area contributed by atoms with Crippen LogP contribution in [0.15, 0.2) is 6.07 Å². The van der Waals surface area contributed by atoms with Gasteiger partial charge in [0.15, 0.2) is 0 Å². The molecule has 0 aliphatic rings. The number of nitrogens with one attached hydrogen (secondary N) is 1. The minimum atomic E-state index is -1.33. The smallest absolute Gasteiger partial charge is 0.376 e. The Morgan fingerprint density at radius 1 is 1.32 bits per heavy atom. The molecule has 0 fully saturated rings. The Bertz CT molecular complexity index is 440. The van der Waals surface area contributed by atoms with Crippen molar-refractivity contribution in [1.82, 2.24) is 9.97 Å². The number of nitrogens with zero attached hydrogens (tertiary/aromatic N) is 2. The van der Waals surface area contributed by atoms with E-state index in [9.17, 15) is 20.1 Å². The van der Waals surface area contributed by atoms with Crippen LogP contribution < -0.4 is 5.32 Å². The summed E-state index contributed by atoms with van der Waals surface area (Å²) in [4.78, 5) is 19.2. The van der Waals surface area contributed by atoms with E-state index in [1.165, 1.54) is 13.2 Å². The number of aromatic nitrogens is 2. The number of hydrogen-bond acceptors (Lipinski definition) is 8. The number of carbonyl (C=O) groups excluding carboxylic acids is 1. The zero-order valence-corrected chi connectivity index (χ0v) is 10.8. The monoisotopic (exact) mass is 271 g/mol. The second-order valence-electron chi connectivity index (χ2n) is 4.09. The zero-order chi connectivity index (χ0) is 14.5. The Morgan fingerprint density at radius 2 is 1.89 bits per heavy atom. The molecule has 8 nitrogen and oxygen atoms in total. The number of hydrogen-bond donors (Lipinski definition) is 4. The summed E-state index contributed by atoms with van der Waals surface area (Å²) in [5.41, 5.74) is -0.825. The Morgan fingerprint density at radius 3 is 2.37 bits per heavy atom. The normalized spacial score (nSPS) is 11.2. The lowest BCUT2D eigenvalue weighted by Crippen LogP contribution is -2.49. The van der Waals surface area contributed by atoms with Gasteiger partial charge < -0.3 is 25.4 Å². The van der Waals surface area contributed by atoms with E-state index in [4.69, 9.17) is 0 Å². The SMILES string of the molecule is COC(=O)c1nc(C)cc(NC(CO)(CO)CO)n1. The molecule has 8 heteroatoms. The van der Waals surface area contributed by atoms with Crippen molar-refractivity contribution in [2.75, 3.05) is 32.2 Å². The highest BCUT2D eigenvalue weighted by Gasteiger charge is 2.28. The van der Waals surface area contributed by atoms with Crippen molar-refractivity contribution in [3.63, 3.8) is 0 Å². The Balaban J connectivity index is 3.07. The standard InChI is InChI=1S/C11H17N3O5/c1-7-3-8(13-9(12-7)10(18)19-2)14-11(4-15,5-16)6-17/h3,15-17H,4-6H2,1-2H3,(H,12,13,14). The van der Waals surface area contributed by atoms with Gasteiger partial charge in [0.25, 0.3) is 0 Å². The number of methoxy groups -OCH3 is 1. The van der Waals surface area contributed by atoms with Crippen molar-refractivity contribution >= 4 is 11.8 Å². The summed E-state index contributed by atoms with van der Waals surface area (Å²) in [7, 11) is 1.21. The number of esters is 1. The number of carbonyl (C=O) groups is 1. The highest BCUT2D eigenvalue weighted by atomic mass is 16.5. The first-order valence-electron chi connectivity index (χ1n) is 5.55. The van der Waals surface area contributed by atoms with Gasteiger partial charge in [0, 0.05) is 11.8 Å². The average molecular weight is 271 g/mol. The van der Waals surface area contributed by atoms with Crippen LogP contribution in [0.2, 0.25) is 0 Å². The molecule has 0 saturated heterocycles. The molecular weight excluding hydrogens is 254 g/mol. The van der Waals surface area contributed by atoms with Gasteiger partial charge in [0.2, 0.25) is 5.82 Å². The Kier molecular flexibility index (Phi) is 5.16. The van der Waals surface area contributed by atoms with Gasteiger partial charge >= 0.3 is 5.97 Å². The zero-order valence-electron chi connectivity index (χ0n) is 10.8. The first-order chi connectivity index (χ1) is 9.00. The van der Waals surface area contributed by atoms with E-state index >= 15 is 0 Å². The second kappa shape index (κ2) is 6.41. The fraction of sp³-hybridized carbons (Fsp3) is 0.545. The molecule has 19 heavy (non-hydrogen) atoms. The number of aryl methyl sites for hydroxylation is 1. The quantitative estimate of drug-likeness (QED) is 0.470. The molecule has 0 atom stereocenters. The Hall–Kier alpha value is -1.77. The third kappa shape index (κ3) is 3.60. The van der Waals surface area contributed by atoms with Crippen LogP contribution >= 0.6 is 0 Å². The Labute approximate surface area is 110 Å². The molecule has 0 aliphatic carbocycles. The van der Waals surface area contributed by atoms with Crippen LogP contribution in [-0.2, 0) is 4.74 Å². The van der Waals surface area contributed by atoms with Crippen LogP contribution in [0, 0.1) is 6.92 Å². The lowest BCUT2D eigenvalue weighted by atomic mass is 10.0. The third-order valence-corrected chi connectivity index (χ3v) is 2.52. The van der Waals surface area contributed by atoms with Crippen molar-refractivity contribution in [2.24, 2.45) is 0 Å². The van der Waals surface area contributed by atoms with Gasteiger partial charge in [0.05, 0.1) is 26.9 Å². The first kappa shape index (κ1) is 15.3. The second-order valence-corrected chi connectivity index (χ2v) is 4.09. The summed E-state index contributed by atoms with van der Waals surface area (Å²) >= 11 is 0. The molecule has 0 spiro atoms. The van der Waals surface area contributed by atoms with Crippen molar-refractivity contribution in [2.45, 2.75) is 12.5 Å². The van der Waals surface area contributed by atoms with Gasteiger partial charge in [-0.15, -0.1) is 0 Å². The molecule has 0 unspecified atom stereocenters.